The first kappa shape index (κ1) is 16.4. The summed E-state index contributed by atoms with van der Waals surface area (Å²) in [6.45, 7) is 3.72. The molecule has 1 N–H and O–H groups in total. The maximum atomic E-state index is 14.7. The zero-order chi connectivity index (χ0) is 18.5. The first-order valence-electron chi connectivity index (χ1n) is 9.12. The molecule has 1 aliphatic rings. The fraction of sp³-hybridized carbons (Fsp3) is 0.300. The van der Waals surface area contributed by atoms with E-state index >= 15 is 0 Å². The van der Waals surface area contributed by atoms with Crippen LogP contribution in [-0.2, 0) is 0 Å². The lowest BCUT2D eigenvalue weighted by molar-refractivity contribution is 0.454. The SMILES string of the molecule is Cc1cn2cc(-c3cc(F)c4nc(C5CCNCC5)cn4c3)cc(F)c2n1. The number of nitrogens with one attached hydrogen (secondary N) is 1. The highest BCUT2D eigenvalue weighted by Crippen LogP contribution is 2.28. The molecule has 1 fully saturated rings. The van der Waals surface area contributed by atoms with Crippen LogP contribution in [0, 0.1) is 18.6 Å². The van der Waals surface area contributed by atoms with Crippen molar-refractivity contribution in [2.24, 2.45) is 0 Å². The Balaban J connectivity index is 1.61. The highest BCUT2D eigenvalue weighted by Gasteiger charge is 2.20. The van der Waals surface area contributed by atoms with Crippen LogP contribution in [0.15, 0.2) is 36.9 Å². The number of aryl methyl sites for hydroxylation is 1. The molecule has 27 heavy (non-hydrogen) atoms. The van der Waals surface area contributed by atoms with Crippen LogP contribution in [0.25, 0.3) is 22.4 Å². The maximum Gasteiger partial charge on any atom is 0.173 e. The molecule has 1 saturated heterocycles. The van der Waals surface area contributed by atoms with Gasteiger partial charge in [-0.25, -0.2) is 18.7 Å². The first-order valence-corrected chi connectivity index (χ1v) is 9.12. The minimum Gasteiger partial charge on any atom is -0.317 e. The molecule has 7 heteroatoms. The second-order valence-electron chi connectivity index (χ2n) is 7.19. The molecule has 0 aliphatic carbocycles. The molecule has 5 heterocycles. The highest BCUT2D eigenvalue weighted by molar-refractivity contribution is 5.66. The number of rotatable bonds is 2. The maximum absolute atomic E-state index is 14.7. The number of hydrogen-bond donors (Lipinski definition) is 1. The molecule has 0 unspecified atom stereocenters. The molecule has 0 saturated carbocycles. The number of piperidine rings is 1. The Hall–Kier alpha value is -2.80. The van der Waals surface area contributed by atoms with Crippen molar-refractivity contribution in [3.63, 3.8) is 0 Å². The van der Waals surface area contributed by atoms with Gasteiger partial charge < -0.3 is 14.1 Å². The van der Waals surface area contributed by atoms with Gasteiger partial charge in [-0.3, -0.25) is 0 Å². The average Bonchev–Trinajstić information content (AvgIpc) is 3.26. The number of nitrogens with zero attached hydrogens (tertiary/aromatic N) is 4. The van der Waals surface area contributed by atoms with Crippen LogP contribution in [0.4, 0.5) is 8.78 Å². The molecule has 4 aromatic rings. The molecule has 5 rings (SSSR count). The molecule has 138 valence electrons. The van der Waals surface area contributed by atoms with Gasteiger partial charge in [0.05, 0.1) is 11.4 Å². The van der Waals surface area contributed by atoms with Gasteiger partial charge in [0, 0.05) is 41.8 Å². The lowest BCUT2D eigenvalue weighted by Gasteiger charge is -2.20. The fourth-order valence-corrected chi connectivity index (χ4v) is 3.89. The smallest absolute Gasteiger partial charge is 0.173 e. The third-order valence-electron chi connectivity index (χ3n) is 5.24. The summed E-state index contributed by atoms with van der Waals surface area (Å²) < 4.78 is 32.5. The van der Waals surface area contributed by atoms with Gasteiger partial charge in [-0.1, -0.05) is 0 Å². The van der Waals surface area contributed by atoms with E-state index in [9.17, 15) is 8.78 Å². The molecule has 0 aromatic carbocycles. The van der Waals surface area contributed by atoms with E-state index in [1.54, 1.807) is 27.4 Å². The van der Waals surface area contributed by atoms with Crippen molar-refractivity contribution in [3.05, 3.63) is 59.9 Å². The number of fused-ring (bicyclic) bond motifs is 2. The van der Waals surface area contributed by atoms with Gasteiger partial charge in [-0.2, -0.15) is 0 Å². The monoisotopic (exact) mass is 367 g/mol. The van der Waals surface area contributed by atoms with Crippen LogP contribution in [0.5, 0.6) is 0 Å². The molecule has 5 nitrogen and oxygen atoms in total. The third kappa shape index (κ3) is 2.78. The normalized spacial score (nSPS) is 15.8. The Kier molecular flexibility index (Phi) is 3.72. The second kappa shape index (κ2) is 6.13. The predicted octanol–water partition coefficient (Wildman–Crippen LogP) is 3.70. The van der Waals surface area contributed by atoms with E-state index in [0.29, 0.717) is 22.7 Å². The van der Waals surface area contributed by atoms with Gasteiger partial charge in [0.2, 0.25) is 0 Å². The third-order valence-corrected chi connectivity index (χ3v) is 5.24. The van der Waals surface area contributed by atoms with Gasteiger partial charge in [-0.15, -0.1) is 0 Å². The van der Waals surface area contributed by atoms with Crippen molar-refractivity contribution in [2.45, 2.75) is 25.7 Å². The molecule has 4 aromatic heterocycles. The van der Waals surface area contributed by atoms with Gasteiger partial charge in [0.1, 0.15) is 0 Å². The number of imidazole rings is 2. The van der Waals surface area contributed by atoms with Crippen molar-refractivity contribution in [1.29, 1.82) is 0 Å². The molecule has 0 radical (unpaired) electrons. The average molecular weight is 367 g/mol. The van der Waals surface area contributed by atoms with E-state index in [4.69, 9.17) is 0 Å². The largest absolute Gasteiger partial charge is 0.317 e. The summed E-state index contributed by atoms with van der Waals surface area (Å²) in [6.07, 6.45) is 9.22. The van der Waals surface area contributed by atoms with Gasteiger partial charge in [0.15, 0.2) is 22.9 Å². The van der Waals surface area contributed by atoms with Crippen molar-refractivity contribution in [1.82, 2.24) is 24.1 Å². The van der Waals surface area contributed by atoms with Crippen LogP contribution < -0.4 is 5.32 Å². The number of hydrogen-bond acceptors (Lipinski definition) is 3. The molecule has 1 aliphatic heterocycles. The number of halogens is 2. The van der Waals surface area contributed by atoms with Gasteiger partial charge in [-0.05, 0) is 45.0 Å². The summed E-state index contributed by atoms with van der Waals surface area (Å²) in [6, 6.07) is 2.81. The van der Waals surface area contributed by atoms with Crippen LogP contribution in [0.1, 0.15) is 30.1 Å². The molecule has 0 atom stereocenters. The van der Waals surface area contributed by atoms with Crippen LogP contribution in [0.2, 0.25) is 0 Å². The van der Waals surface area contributed by atoms with Crippen molar-refractivity contribution in [2.75, 3.05) is 13.1 Å². The van der Waals surface area contributed by atoms with Gasteiger partial charge in [0.25, 0.3) is 0 Å². The first-order chi connectivity index (χ1) is 13.1. The number of pyridine rings is 2. The fourth-order valence-electron chi connectivity index (χ4n) is 3.89. The minimum absolute atomic E-state index is 0.272. The standard InChI is InChI=1S/C20H19F2N5/c1-12-8-26-9-14(6-16(21)19(26)24-12)15-7-17(22)20-25-18(11-27(20)10-15)13-2-4-23-5-3-13/h6-11,13,23H,2-5H2,1H3. The van der Waals surface area contributed by atoms with E-state index in [1.807, 2.05) is 13.1 Å². The summed E-state index contributed by atoms with van der Waals surface area (Å²) in [5.74, 6) is -0.492. The Bertz CT molecular complexity index is 1150. The van der Waals surface area contributed by atoms with Gasteiger partial charge >= 0.3 is 0 Å². The zero-order valence-electron chi connectivity index (χ0n) is 14.9. The summed E-state index contributed by atoms with van der Waals surface area (Å²) in [4.78, 5) is 8.68. The Labute approximate surface area is 154 Å². The van der Waals surface area contributed by atoms with Crippen LogP contribution in [0.3, 0.4) is 0 Å². The summed E-state index contributed by atoms with van der Waals surface area (Å²) in [5, 5.41) is 3.33. The summed E-state index contributed by atoms with van der Waals surface area (Å²) >= 11 is 0. The Morgan fingerprint density at radius 2 is 1.48 bits per heavy atom. The van der Waals surface area contributed by atoms with E-state index in [1.165, 1.54) is 12.1 Å². The number of aromatic nitrogens is 4. The lowest BCUT2D eigenvalue weighted by Crippen LogP contribution is -2.26. The van der Waals surface area contributed by atoms with Crippen LogP contribution >= 0.6 is 0 Å². The quantitative estimate of drug-likeness (QED) is 0.588. The topological polar surface area (TPSA) is 46.6 Å². The predicted molar refractivity (Wildman–Crippen MR) is 98.9 cm³/mol. The van der Waals surface area contributed by atoms with Crippen molar-refractivity contribution >= 4 is 11.3 Å². The minimum atomic E-state index is -0.429. The molecule has 0 amide bonds. The molecule has 0 bridgehead atoms. The van der Waals surface area contributed by atoms with Crippen molar-refractivity contribution < 1.29 is 8.78 Å². The molecular weight excluding hydrogens is 348 g/mol. The Morgan fingerprint density at radius 3 is 2.15 bits per heavy atom. The van der Waals surface area contributed by atoms with E-state index in [2.05, 4.69) is 15.3 Å². The summed E-state index contributed by atoms with van der Waals surface area (Å²) in [5.41, 5.74) is 3.42. The highest BCUT2D eigenvalue weighted by atomic mass is 19.1. The zero-order valence-corrected chi connectivity index (χ0v) is 14.9. The van der Waals surface area contributed by atoms with Crippen LogP contribution in [-0.4, -0.2) is 31.9 Å². The van der Waals surface area contributed by atoms with Crippen molar-refractivity contribution in [3.8, 4) is 11.1 Å². The van der Waals surface area contributed by atoms with E-state index in [-0.39, 0.29) is 5.65 Å². The lowest BCUT2D eigenvalue weighted by atomic mass is 9.95. The molecular formula is C20H19F2N5. The van der Waals surface area contributed by atoms with E-state index < -0.39 is 11.6 Å². The summed E-state index contributed by atoms with van der Waals surface area (Å²) in [7, 11) is 0. The molecule has 0 spiro atoms. The second-order valence-corrected chi connectivity index (χ2v) is 7.19. The van der Waals surface area contributed by atoms with E-state index in [0.717, 1.165) is 37.3 Å². The Morgan fingerprint density at radius 1 is 0.889 bits per heavy atom.